The highest BCUT2D eigenvalue weighted by Gasteiger charge is 2.25. The average Bonchev–Trinajstić information content (AvgIpc) is 3.18. The van der Waals surface area contributed by atoms with E-state index >= 15 is 0 Å². The number of hydrogen-bond acceptors (Lipinski definition) is 6. The molecular formula is C17H19N5O3. The standard InChI is InChI=1S/C17H19N5O3/c1-12-8-15(20-25-12)17(23)21-6-7-24-11-13(10-21)9-14-2-3-16-18-4-5-22(16)19-14/h2-5,8,13H,6-7,9-11H2,1H3/t13-/m1/s1. The van der Waals surface area contributed by atoms with Crippen LogP contribution in [0.1, 0.15) is 21.9 Å². The number of ether oxygens (including phenoxy) is 1. The number of nitrogens with zero attached hydrogens (tertiary/aromatic N) is 5. The summed E-state index contributed by atoms with van der Waals surface area (Å²) < 4.78 is 12.5. The van der Waals surface area contributed by atoms with Crippen LogP contribution in [0.5, 0.6) is 0 Å². The van der Waals surface area contributed by atoms with Gasteiger partial charge in [0.1, 0.15) is 5.76 Å². The van der Waals surface area contributed by atoms with Crippen molar-refractivity contribution in [2.24, 2.45) is 5.92 Å². The molecule has 0 aromatic carbocycles. The fourth-order valence-corrected chi connectivity index (χ4v) is 3.08. The second-order valence-electron chi connectivity index (χ2n) is 6.27. The first-order chi connectivity index (χ1) is 12.2. The van der Waals surface area contributed by atoms with Crippen molar-refractivity contribution in [1.82, 2.24) is 24.7 Å². The number of aryl methyl sites for hydroxylation is 1. The molecule has 0 bridgehead atoms. The summed E-state index contributed by atoms with van der Waals surface area (Å²) in [6.07, 6.45) is 4.28. The molecule has 4 heterocycles. The van der Waals surface area contributed by atoms with E-state index in [1.165, 1.54) is 0 Å². The molecule has 0 radical (unpaired) electrons. The smallest absolute Gasteiger partial charge is 0.276 e. The van der Waals surface area contributed by atoms with Crippen LogP contribution in [0, 0.1) is 12.8 Å². The lowest BCUT2D eigenvalue weighted by Crippen LogP contribution is -2.36. The Bertz CT molecular complexity index is 887. The van der Waals surface area contributed by atoms with Crippen molar-refractivity contribution >= 4 is 11.6 Å². The molecule has 1 saturated heterocycles. The van der Waals surface area contributed by atoms with Crippen molar-refractivity contribution in [3.8, 4) is 0 Å². The molecule has 3 aromatic rings. The molecule has 0 N–H and O–H groups in total. The molecule has 0 unspecified atom stereocenters. The number of carbonyl (C=O) groups excluding carboxylic acids is 1. The topological polar surface area (TPSA) is 85.8 Å². The molecule has 130 valence electrons. The molecule has 8 nitrogen and oxygen atoms in total. The fraction of sp³-hybridized carbons (Fsp3) is 0.412. The maximum absolute atomic E-state index is 12.6. The molecular weight excluding hydrogens is 322 g/mol. The van der Waals surface area contributed by atoms with Crippen LogP contribution in [0.3, 0.4) is 0 Å². The Hall–Kier alpha value is -2.74. The second-order valence-corrected chi connectivity index (χ2v) is 6.27. The summed E-state index contributed by atoms with van der Waals surface area (Å²) in [6.45, 7) is 4.05. The Morgan fingerprint density at radius 3 is 3.16 bits per heavy atom. The predicted molar refractivity (Wildman–Crippen MR) is 88.1 cm³/mol. The molecule has 0 saturated carbocycles. The average molecular weight is 341 g/mol. The van der Waals surface area contributed by atoms with Gasteiger partial charge in [-0.25, -0.2) is 9.50 Å². The zero-order chi connectivity index (χ0) is 17.2. The SMILES string of the molecule is Cc1cc(C(=O)N2CCOC[C@H](Cc3ccc4nccn4n3)C2)no1. The molecule has 0 aliphatic carbocycles. The van der Waals surface area contributed by atoms with Crippen molar-refractivity contribution in [1.29, 1.82) is 0 Å². The van der Waals surface area contributed by atoms with Crippen LogP contribution in [0.2, 0.25) is 0 Å². The summed E-state index contributed by atoms with van der Waals surface area (Å²) in [5, 5.41) is 8.39. The largest absolute Gasteiger partial charge is 0.379 e. The lowest BCUT2D eigenvalue weighted by molar-refractivity contribution is 0.0727. The summed E-state index contributed by atoms with van der Waals surface area (Å²) in [5.74, 6) is 0.682. The minimum Gasteiger partial charge on any atom is -0.379 e. The van der Waals surface area contributed by atoms with Gasteiger partial charge in [-0.1, -0.05) is 5.16 Å². The maximum atomic E-state index is 12.6. The number of hydrogen-bond donors (Lipinski definition) is 0. The molecule has 1 aliphatic heterocycles. The summed E-state index contributed by atoms with van der Waals surface area (Å²) in [4.78, 5) is 18.6. The van der Waals surface area contributed by atoms with E-state index in [0.717, 1.165) is 17.8 Å². The Morgan fingerprint density at radius 1 is 1.40 bits per heavy atom. The quantitative estimate of drug-likeness (QED) is 0.715. The predicted octanol–water partition coefficient (Wildman–Crippen LogP) is 1.36. The number of amides is 1. The van der Waals surface area contributed by atoms with E-state index in [1.807, 2.05) is 18.3 Å². The van der Waals surface area contributed by atoms with Gasteiger partial charge in [0.15, 0.2) is 11.3 Å². The Balaban J connectivity index is 1.48. The van der Waals surface area contributed by atoms with E-state index in [9.17, 15) is 4.79 Å². The van der Waals surface area contributed by atoms with E-state index in [4.69, 9.17) is 9.26 Å². The van der Waals surface area contributed by atoms with Crippen LogP contribution in [-0.4, -0.2) is 56.9 Å². The molecule has 1 aliphatic rings. The first-order valence-corrected chi connectivity index (χ1v) is 8.28. The maximum Gasteiger partial charge on any atom is 0.276 e. The van der Waals surface area contributed by atoms with Crippen LogP contribution in [0.25, 0.3) is 5.65 Å². The summed E-state index contributed by atoms with van der Waals surface area (Å²) in [5.41, 5.74) is 2.11. The van der Waals surface area contributed by atoms with Gasteiger partial charge in [0, 0.05) is 37.5 Å². The van der Waals surface area contributed by atoms with E-state index in [1.54, 1.807) is 28.6 Å². The molecule has 8 heteroatoms. The highest BCUT2D eigenvalue weighted by atomic mass is 16.5. The van der Waals surface area contributed by atoms with Crippen LogP contribution in [0.4, 0.5) is 0 Å². The molecule has 4 rings (SSSR count). The lowest BCUT2D eigenvalue weighted by atomic mass is 10.0. The highest BCUT2D eigenvalue weighted by Crippen LogP contribution is 2.15. The Morgan fingerprint density at radius 2 is 2.32 bits per heavy atom. The van der Waals surface area contributed by atoms with Gasteiger partial charge in [0.25, 0.3) is 5.91 Å². The number of imidazole rings is 1. The lowest BCUT2D eigenvalue weighted by Gasteiger charge is -2.22. The first kappa shape index (κ1) is 15.8. The number of rotatable bonds is 3. The molecule has 0 spiro atoms. The normalized spacial score (nSPS) is 18.4. The van der Waals surface area contributed by atoms with Crippen LogP contribution in [-0.2, 0) is 11.2 Å². The van der Waals surface area contributed by atoms with Gasteiger partial charge < -0.3 is 14.2 Å². The van der Waals surface area contributed by atoms with Gasteiger partial charge in [-0.15, -0.1) is 0 Å². The monoisotopic (exact) mass is 341 g/mol. The third-order valence-corrected chi connectivity index (χ3v) is 4.28. The molecule has 1 amide bonds. The van der Waals surface area contributed by atoms with Gasteiger partial charge in [-0.3, -0.25) is 4.79 Å². The van der Waals surface area contributed by atoms with Crippen molar-refractivity contribution in [2.45, 2.75) is 13.3 Å². The Labute approximate surface area is 144 Å². The van der Waals surface area contributed by atoms with Gasteiger partial charge >= 0.3 is 0 Å². The van der Waals surface area contributed by atoms with E-state index in [-0.39, 0.29) is 11.8 Å². The minimum atomic E-state index is -0.120. The third-order valence-electron chi connectivity index (χ3n) is 4.28. The van der Waals surface area contributed by atoms with E-state index in [2.05, 4.69) is 15.2 Å². The Kier molecular flexibility index (Phi) is 4.19. The molecule has 25 heavy (non-hydrogen) atoms. The molecule has 3 aromatic heterocycles. The summed E-state index contributed by atoms with van der Waals surface area (Å²) >= 11 is 0. The first-order valence-electron chi connectivity index (χ1n) is 8.28. The van der Waals surface area contributed by atoms with Gasteiger partial charge in [0.05, 0.1) is 18.9 Å². The van der Waals surface area contributed by atoms with Crippen molar-refractivity contribution in [2.75, 3.05) is 26.3 Å². The number of fused-ring (bicyclic) bond motifs is 1. The van der Waals surface area contributed by atoms with Crippen LogP contribution < -0.4 is 0 Å². The molecule has 1 atom stereocenters. The highest BCUT2D eigenvalue weighted by molar-refractivity contribution is 5.92. The van der Waals surface area contributed by atoms with Gasteiger partial charge in [0.2, 0.25) is 0 Å². The fourth-order valence-electron chi connectivity index (χ4n) is 3.08. The minimum absolute atomic E-state index is 0.120. The zero-order valence-corrected chi connectivity index (χ0v) is 14.0. The van der Waals surface area contributed by atoms with Crippen molar-refractivity contribution in [3.05, 3.63) is 47.7 Å². The van der Waals surface area contributed by atoms with Crippen LogP contribution >= 0.6 is 0 Å². The van der Waals surface area contributed by atoms with E-state index < -0.39 is 0 Å². The zero-order valence-electron chi connectivity index (χ0n) is 14.0. The van der Waals surface area contributed by atoms with E-state index in [0.29, 0.717) is 37.8 Å². The van der Waals surface area contributed by atoms with Gasteiger partial charge in [-0.05, 0) is 25.5 Å². The van der Waals surface area contributed by atoms with Crippen molar-refractivity contribution < 1.29 is 14.1 Å². The summed E-state index contributed by atoms with van der Waals surface area (Å²) in [7, 11) is 0. The van der Waals surface area contributed by atoms with Crippen LogP contribution in [0.15, 0.2) is 35.1 Å². The summed E-state index contributed by atoms with van der Waals surface area (Å²) in [6, 6.07) is 5.58. The molecule has 1 fully saturated rings. The second kappa shape index (κ2) is 6.64. The number of aromatic nitrogens is 4. The van der Waals surface area contributed by atoms with Gasteiger partial charge in [-0.2, -0.15) is 5.10 Å². The third kappa shape index (κ3) is 3.39. The van der Waals surface area contributed by atoms with Crippen molar-refractivity contribution in [3.63, 3.8) is 0 Å². The number of carbonyl (C=O) groups is 1.